The van der Waals surface area contributed by atoms with Crippen LogP contribution in [0.1, 0.15) is 48.7 Å². The first-order valence-corrected chi connectivity index (χ1v) is 13.9. The summed E-state index contributed by atoms with van der Waals surface area (Å²) in [5, 5.41) is 11.6. The van der Waals surface area contributed by atoms with E-state index >= 15 is 0 Å². The molecule has 1 atom stereocenters. The van der Waals surface area contributed by atoms with E-state index in [9.17, 15) is 14.4 Å². The zero-order valence-electron chi connectivity index (χ0n) is 24.4. The average Bonchev–Trinajstić information content (AvgIpc) is 2.95. The molecular weight excluding hydrogens is 552 g/mol. The molecule has 4 rings (SSSR count). The van der Waals surface area contributed by atoms with Gasteiger partial charge in [-0.25, -0.2) is 9.59 Å². The molecule has 43 heavy (non-hydrogen) atoms. The number of carboxylic acids is 1. The average molecular weight is 589 g/mol. The van der Waals surface area contributed by atoms with Crippen molar-refractivity contribution in [3.8, 4) is 11.5 Å². The van der Waals surface area contributed by atoms with Crippen molar-refractivity contribution < 1.29 is 33.7 Å². The van der Waals surface area contributed by atoms with Gasteiger partial charge in [0.2, 0.25) is 0 Å². The van der Waals surface area contributed by atoms with Crippen LogP contribution < -0.4 is 25.4 Å². The molecule has 226 valence electrons. The third kappa shape index (κ3) is 8.96. The van der Waals surface area contributed by atoms with Crippen LogP contribution in [0.2, 0.25) is 0 Å². The number of guanidine groups is 1. The lowest BCUT2D eigenvalue weighted by Crippen LogP contribution is -2.46. The molecule has 11 heteroatoms. The first-order chi connectivity index (χ1) is 20.5. The Bertz CT molecular complexity index is 1460. The zero-order chi connectivity index (χ0) is 31.0. The van der Waals surface area contributed by atoms with Gasteiger partial charge in [0, 0.05) is 13.0 Å². The van der Waals surface area contributed by atoms with Gasteiger partial charge in [0.15, 0.2) is 12.1 Å². The maximum atomic E-state index is 13.4. The van der Waals surface area contributed by atoms with Crippen LogP contribution in [-0.4, -0.2) is 53.9 Å². The minimum Gasteiger partial charge on any atom is -0.493 e. The van der Waals surface area contributed by atoms with Crippen molar-refractivity contribution >= 4 is 29.6 Å². The molecule has 2 amide bonds. The Morgan fingerprint density at radius 3 is 2.37 bits per heavy atom. The summed E-state index contributed by atoms with van der Waals surface area (Å²) >= 11 is 0. The van der Waals surface area contributed by atoms with Gasteiger partial charge in [-0.15, -0.1) is 0 Å². The number of carbonyl (C=O) groups is 3. The number of benzene rings is 3. The summed E-state index contributed by atoms with van der Waals surface area (Å²) < 4.78 is 17.1. The number of hydrogen-bond donors (Lipinski definition) is 3. The molecule has 0 saturated carbocycles. The van der Waals surface area contributed by atoms with E-state index in [1.165, 1.54) is 12.1 Å². The monoisotopic (exact) mass is 588 g/mol. The summed E-state index contributed by atoms with van der Waals surface area (Å²) in [5.74, 6) is 0.0468. The Kier molecular flexibility index (Phi) is 9.87. The van der Waals surface area contributed by atoms with Gasteiger partial charge in [0.25, 0.3) is 5.91 Å². The lowest BCUT2D eigenvalue weighted by Gasteiger charge is -2.34. The number of hydrogen-bond acceptors (Lipinski definition) is 7. The Morgan fingerprint density at radius 1 is 1.02 bits per heavy atom. The number of aromatic carboxylic acids is 1. The molecule has 0 radical (unpaired) electrons. The minimum atomic E-state index is -1.00. The van der Waals surface area contributed by atoms with Crippen LogP contribution in [0.5, 0.6) is 11.5 Å². The molecule has 0 saturated heterocycles. The molecule has 11 nitrogen and oxygen atoms in total. The number of alkyl carbamates (subject to hydrolysis) is 1. The van der Waals surface area contributed by atoms with Gasteiger partial charge in [-0.05, 0) is 74.7 Å². The van der Waals surface area contributed by atoms with Gasteiger partial charge < -0.3 is 30.0 Å². The molecular formula is C32H36N4O7. The Balaban J connectivity index is 1.28. The van der Waals surface area contributed by atoms with E-state index in [-0.39, 0.29) is 30.6 Å². The second kappa shape index (κ2) is 13.7. The zero-order valence-corrected chi connectivity index (χ0v) is 24.4. The normalized spacial score (nSPS) is 14.9. The summed E-state index contributed by atoms with van der Waals surface area (Å²) in [4.78, 5) is 42.2. The molecule has 0 aliphatic carbocycles. The highest BCUT2D eigenvalue weighted by Crippen LogP contribution is 2.35. The summed E-state index contributed by atoms with van der Waals surface area (Å²) in [7, 11) is 0. The first kappa shape index (κ1) is 30.9. The number of nitrogens with zero attached hydrogens (tertiary/aromatic N) is 2. The Labute approximate surface area is 250 Å². The predicted molar refractivity (Wildman–Crippen MR) is 162 cm³/mol. The number of anilines is 1. The van der Waals surface area contributed by atoms with Gasteiger partial charge in [-0.1, -0.05) is 36.4 Å². The van der Waals surface area contributed by atoms with Crippen molar-refractivity contribution in [2.45, 2.75) is 51.9 Å². The molecule has 1 aliphatic rings. The van der Waals surface area contributed by atoms with Gasteiger partial charge in [-0.3, -0.25) is 15.1 Å². The molecule has 3 aromatic rings. The number of nitrogens with one attached hydrogen (secondary N) is 1. The number of carboxylic acid groups (broad SMARTS) is 1. The lowest BCUT2D eigenvalue weighted by molar-refractivity contribution is -0.127. The van der Waals surface area contributed by atoms with Crippen molar-refractivity contribution in [2.75, 3.05) is 18.1 Å². The van der Waals surface area contributed by atoms with E-state index in [0.717, 1.165) is 11.1 Å². The van der Waals surface area contributed by atoms with Crippen LogP contribution in [-0.2, 0) is 22.5 Å². The number of carbonyl (C=O) groups excluding carboxylic acids is 2. The van der Waals surface area contributed by atoms with E-state index < -0.39 is 23.8 Å². The lowest BCUT2D eigenvalue weighted by atomic mass is 10.1. The molecule has 1 heterocycles. The molecule has 0 aromatic heterocycles. The van der Waals surface area contributed by atoms with Crippen LogP contribution in [0.3, 0.4) is 0 Å². The Hall–Kier alpha value is -5.06. The van der Waals surface area contributed by atoms with E-state index in [4.69, 9.17) is 25.1 Å². The van der Waals surface area contributed by atoms with Crippen molar-refractivity contribution in [1.29, 1.82) is 0 Å². The van der Waals surface area contributed by atoms with Crippen LogP contribution in [0.4, 0.5) is 10.5 Å². The van der Waals surface area contributed by atoms with E-state index in [2.05, 4.69) is 10.3 Å². The van der Waals surface area contributed by atoms with Gasteiger partial charge in [0.1, 0.15) is 17.1 Å². The molecule has 0 fully saturated rings. The summed E-state index contributed by atoms with van der Waals surface area (Å²) in [6.45, 7) is 6.21. The number of rotatable bonds is 10. The number of ether oxygens (including phenoxy) is 3. The van der Waals surface area contributed by atoms with E-state index in [1.807, 2.05) is 48.5 Å². The van der Waals surface area contributed by atoms with Gasteiger partial charge >= 0.3 is 12.1 Å². The molecule has 3 aromatic carbocycles. The highest BCUT2D eigenvalue weighted by Gasteiger charge is 2.34. The predicted octanol–water partition coefficient (Wildman–Crippen LogP) is 4.53. The smallest absolute Gasteiger partial charge is 0.414 e. The van der Waals surface area contributed by atoms with E-state index in [1.54, 1.807) is 37.8 Å². The summed E-state index contributed by atoms with van der Waals surface area (Å²) in [6, 6.07) is 21.3. The summed E-state index contributed by atoms with van der Waals surface area (Å²) in [5.41, 5.74) is 7.79. The van der Waals surface area contributed by atoms with Crippen molar-refractivity contribution in [2.24, 2.45) is 10.7 Å². The van der Waals surface area contributed by atoms with E-state index in [0.29, 0.717) is 36.6 Å². The van der Waals surface area contributed by atoms with Crippen LogP contribution in [0.25, 0.3) is 0 Å². The highest BCUT2D eigenvalue weighted by molar-refractivity contribution is 6.00. The fraction of sp³-hybridized carbons (Fsp3) is 0.312. The number of fused-ring (bicyclic) bond motifs is 1. The molecule has 1 unspecified atom stereocenters. The van der Waals surface area contributed by atoms with Crippen LogP contribution in [0, 0.1) is 0 Å². The third-order valence-corrected chi connectivity index (χ3v) is 6.39. The topological polar surface area (TPSA) is 153 Å². The quantitative estimate of drug-likeness (QED) is 0.231. The van der Waals surface area contributed by atoms with Crippen molar-refractivity contribution in [3.05, 3.63) is 89.5 Å². The van der Waals surface area contributed by atoms with Crippen molar-refractivity contribution in [3.63, 3.8) is 0 Å². The molecule has 1 aliphatic heterocycles. The highest BCUT2D eigenvalue weighted by atomic mass is 16.6. The maximum absolute atomic E-state index is 13.4. The largest absolute Gasteiger partial charge is 0.493 e. The van der Waals surface area contributed by atoms with Crippen molar-refractivity contribution in [1.82, 2.24) is 5.32 Å². The molecule has 0 spiro atoms. The molecule has 4 N–H and O–H groups in total. The number of para-hydroxylation sites is 2. The fourth-order valence-corrected chi connectivity index (χ4v) is 4.35. The first-order valence-electron chi connectivity index (χ1n) is 13.9. The standard InChI is InChI=1S/C32H36N4O7/c1-32(2,3)43-31(40)35-30(33)34-18-16-21-10-14-24(15-11-21)41-19-17-27-28(37)36(25-6-4-5-7-26(25)42-27)20-22-8-12-23(13-9-22)29(38)39/h4-15,27H,16-20H2,1-3H3,(H,38,39)(H3,33,34,35,40). The van der Waals surface area contributed by atoms with Gasteiger partial charge in [-0.2, -0.15) is 0 Å². The van der Waals surface area contributed by atoms with Crippen LogP contribution in [0.15, 0.2) is 77.8 Å². The number of aliphatic imine (C=N–C) groups is 1. The van der Waals surface area contributed by atoms with Gasteiger partial charge in [0.05, 0.1) is 24.4 Å². The minimum absolute atomic E-state index is 0.00837. The second-order valence-corrected chi connectivity index (χ2v) is 10.9. The SMILES string of the molecule is CC(C)(C)OC(=O)NC(N)=NCCc1ccc(OCCC2Oc3ccccc3N(Cc3ccc(C(=O)O)cc3)C2=O)cc1. The number of nitrogens with two attached hydrogens (primary N) is 1. The second-order valence-electron chi connectivity index (χ2n) is 10.9. The molecule has 0 bridgehead atoms. The third-order valence-electron chi connectivity index (χ3n) is 6.39. The summed E-state index contributed by atoms with van der Waals surface area (Å²) in [6.07, 6.45) is -0.442. The van der Waals surface area contributed by atoms with Crippen LogP contribution >= 0.6 is 0 Å². The number of amides is 2. The maximum Gasteiger partial charge on any atom is 0.414 e. The fourth-order valence-electron chi connectivity index (χ4n) is 4.35. The Morgan fingerprint density at radius 2 is 1.70 bits per heavy atom.